The van der Waals surface area contributed by atoms with Crippen LogP contribution < -0.4 is 5.32 Å². The molecule has 2 atom stereocenters. The number of hydrogen-bond acceptors (Lipinski definition) is 8. The standard InChI is InChI=1S/C24H20N6OS2/c31-19-12-16(20-7-4-10-32-20)11-18-21(19)22(17-6-1-2-9-26-17)30-23(27-18)28-24(29-30)33-14-15-5-3-8-25-13-15/h1-10,13,16,22H,11-12,14H2,(H,27,28,29)/t16-,22+/m0/s1. The van der Waals surface area contributed by atoms with E-state index in [0.29, 0.717) is 17.5 Å². The van der Waals surface area contributed by atoms with E-state index in [4.69, 9.17) is 10.1 Å². The second kappa shape index (κ2) is 8.57. The zero-order chi connectivity index (χ0) is 22.2. The smallest absolute Gasteiger partial charge is 0.227 e. The predicted molar refractivity (Wildman–Crippen MR) is 128 cm³/mol. The van der Waals surface area contributed by atoms with E-state index >= 15 is 0 Å². The van der Waals surface area contributed by atoms with Crippen molar-refractivity contribution in [2.24, 2.45) is 0 Å². The maximum atomic E-state index is 13.5. The molecule has 4 aromatic heterocycles. The van der Waals surface area contributed by atoms with Gasteiger partial charge in [-0.1, -0.05) is 30.0 Å². The first-order valence-electron chi connectivity index (χ1n) is 10.7. The van der Waals surface area contributed by atoms with Gasteiger partial charge in [0.2, 0.25) is 11.1 Å². The predicted octanol–water partition coefficient (Wildman–Crippen LogP) is 4.84. The molecule has 4 aromatic rings. The van der Waals surface area contributed by atoms with Gasteiger partial charge in [-0.2, -0.15) is 4.98 Å². The van der Waals surface area contributed by atoms with Gasteiger partial charge in [0.15, 0.2) is 5.78 Å². The van der Waals surface area contributed by atoms with Crippen LogP contribution in [0.2, 0.25) is 0 Å². The lowest BCUT2D eigenvalue weighted by molar-refractivity contribution is -0.116. The van der Waals surface area contributed by atoms with Crippen molar-refractivity contribution < 1.29 is 4.79 Å². The number of aromatic nitrogens is 5. The van der Waals surface area contributed by atoms with Gasteiger partial charge in [0, 0.05) is 52.8 Å². The van der Waals surface area contributed by atoms with Gasteiger partial charge < -0.3 is 5.32 Å². The summed E-state index contributed by atoms with van der Waals surface area (Å²) in [5.41, 5.74) is 3.59. The lowest BCUT2D eigenvalue weighted by Crippen LogP contribution is -2.33. The number of Topliss-reactive ketones (excluding diaryl/α,β-unsaturated/α-hetero) is 1. The zero-order valence-electron chi connectivity index (χ0n) is 17.6. The van der Waals surface area contributed by atoms with Crippen molar-refractivity contribution in [2.75, 3.05) is 5.32 Å². The third-order valence-electron chi connectivity index (χ3n) is 5.90. The van der Waals surface area contributed by atoms with Crippen LogP contribution in [0.25, 0.3) is 0 Å². The third kappa shape index (κ3) is 3.87. The summed E-state index contributed by atoms with van der Waals surface area (Å²) in [5, 5.41) is 10.9. The Balaban J connectivity index is 1.37. The number of nitrogens with one attached hydrogen (secondary N) is 1. The maximum Gasteiger partial charge on any atom is 0.227 e. The molecule has 0 bridgehead atoms. The summed E-state index contributed by atoms with van der Waals surface area (Å²) in [7, 11) is 0. The number of thiophene rings is 1. The lowest BCUT2D eigenvalue weighted by atomic mass is 9.81. The van der Waals surface area contributed by atoms with Crippen LogP contribution in [0.4, 0.5) is 5.95 Å². The molecular formula is C24H20N6OS2. The number of allylic oxidation sites excluding steroid dienone is 2. The second-order valence-corrected chi connectivity index (χ2v) is 9.95. The molecule has 164 valence electrons. The van der Waals surface area contributed by atoms with Crippen molar-refractivity contribution in [1.29, 1.82) is 0 Å². The molecule has 0 radical (unpaired) electrons. The molecule has 2 aliphatic rings. The number of carbonyl (C=O) groups is 1. The van der Waals surface area contributed by atoms with Crippen molar-refractivity contribution in [2.45, 2.75) is 35.7 Å². The minimum absolute atomic E-state index is 0.142. The molecule has 0 aromatic carbocycles. The van der Waals surface area contributed by atoms with Crippen molar-refractivity contribution in [3.63, 3.8) is 0 Å². The minimum Gasteiger partial charge on any atom is -0.328 e. The van der Waals surface area contributed by atoms with Crippen LogP contribution in [0, 0.1) is 0 Å². The number of hydrogen-bond donors (Lipinski definition) is 1. The average molecular weight is 473 g/mol. The molecular weight excluding hydrogens is 452 g/mol. The van der Waals surface area contributed by atoms with Gasteiger partial charge in [0.05, 0.1) is 5.69 Å². The van der Waals surface area contributed by atoms with Gasteiger partial charge in [-0.3, -0.25) is 14.8 Å². The highest BCUT2D eigenvalue weighted by molar-refractivity contribution is 7.98. The Hall–Kier alpha value is -3.30. The zero-order valence-corrected chi connectivity index (χ0v) is 19.2. The number of carbonyl (C=O) groups excluding carboxylic acids is 1. The molecule has 1 aliphatic carbocycles. The van der Waals surface area contributed by atoms with Crippen LogP contribution in [0.1, 0.15) is 40.9 Å². The van der Waals surface area contributed by atoms with E-state index < -0.39 is 0 Å². The van der Waals surface area contributed by atoms with Gasteiger partial charge >= 0.3 is 0 Å². The molecule has 7 nitrogen and oxygen atoms in total. The highest BCUT2D eigenvalue weighted by atomic mass is 32.2. The number of pyridine rings is 2. The monoisotopic (exact) mass is 472 g/mol. The Bertz CT molecular complexity index is 1320. The quantitative estimate of drug-likeness (QED) is 0.416. The van der Waals surface area contributed by atoms with Crippen molar-refractivity contribution in [1.82, 2.24) is 24.7 Å². The second-order valence-electron chi connectivity index (χ2n) is 8.03. The molecule has 0 saturated heterocycles. The van der Waals surface area contributed by atoms with Crippen LogP contribution in [-0.2, 0) is 10.5 Å². The average Bonchev–Trinajstić information content (AvgIpc) is 3.52. The molecule has 5 heterocycles. The fourth-order valence-corrected chi connectivity index (χ4v) is 6.01. The first-order valence-corrected chi connectivity index (χ1v) is 12.6. The van der Waals surface area contributed by atoms with Crippen molar-refractivity contribution in [3.8, 4) is 0 Å². The number of ketones is 1. The van der Waals surface area contributed by atoms with Gasteiger partial charge in [-0.15, -0.1) is 16.4 Å². The molecule has 1 N–H and O–H groups in total. The van der Waals surface area contributed by atoms with Crippen LogP contribution in [0.15, 0.2) is 82.9 Å². The summed E-state index contributed by atoms with van der Waals surface area (Å²) in [5.74, 6) is 1.70. The molecule has 6 rings (SSSR count). The Labute approximate surface area is 199 Å². The summed E-state index contributed by atoms with van der Waals surface area (Å²) in [6.07, 6.45) is 6.64. The Kier molecular flexibility index (Phi) is 5.27. The van der Waals surface area contributed by atoms with E-state index in [-0.39, 0.29) is 17.7 Å². The van der Waals surface area contributed by atoms with Crippen molar-refractivity contribution in [3.05, 3.63) is 93.8 Å². The third-order valence-corrected chi connectivity index (χ3v) is 7.85. The Morgan fingerprint density at radius 1 is 1.12 bits per heavy atom. The van der Waals surface area contributed by atoms with Crippen molar-refractivity contribution >= 4 is 34.8 Å². The van der Waals surface area contributed by atoms with Crippen LogP contribution >= 0.6 is 23.1 Å². The molecule has 0 unspecified atom stereocenters. The van der Waals surface area contributed by atoms with Gasteiger partial charge in [-0.05, 0) is 41.6 Å². The summed E-state index contributed by atoms with van der Waals surface area (Å²) in [6.45, 7) is 0. The van der Waals surface area contributed by atoms with Crippen LogP contribution in [0.5, 0.6) is 0 Å². The lowest BCUT2D eigenvalue weighted by Gasteiger charge is -2.34. The van der Waals surface area contributed by atoms with E-state index in [1.54, 1.807) is 35.5 Å². The first kappa shape index (κ1) is 20.3. The van der Waals surface area contributed by atoms with E-state index in [0.717, 1.165) is 34.7 Å². The number of anilines is 1. The van der Waals surface area contributed by atoms with Gasteiger partial charge in [-0.25, -0.2) is 4.68 Å². The van der Waals surface area contributed by atoms with Gasteiger partial charge in [0.25, 0.3) is 0 Å². The summed E-state index contributed by atoms with van der Waals surface area (Å²) in [4.78, 5) is 28.2. The van der Waals surface area contributed by atoms with Gasteiger partial charge in [0.1, 0.15) is 6.04 Å². The summed E-state index contributed by atoms with van der Waals surface area (Å²) in [6, 6.07) is 13.5. The number of rotatable bonds is 5. The number of nitrogens with zero attached hydrogens (tertiary/aromatic N) is 5. The molecule has 33 heavy (non-hydrogen) atoms. The first-order chi connectivity index (χ1) is 16.3. The minimum atomic E-state index is -0.380. The molecule has 0 saturated carbocycles. The van der Waals surface area contributed by atoms with E-state index in [9.17, 15) is 4.79 Å². The van der Waals surface area contributed by atoms with E-state index in [1.165, 1.54) is 4.88 Å². The molecule has 0 amide bonds. The Morgan fingerprint density at radius 2 is 2.09 bits per heavy atom. The fraction of sp³-hybridized carbons (Fsp3) is 0.208. The maximum absolute atomic E-state index is 13.5. The van der Waals surface area contributed by atoms with Crippen LogP contribution in [0.3, 0.4) is 0 Å². The molecule has 9 heteroatoms. The highest BCUT2D eigenvalue weighted by Gasteiger charge is 2.40. The molecule has 1 aliphatic heterocycles. The normalized spacial score (nSPS) is 19.7. The molecule has 0 spiro atoms. The fourth-order valence-electron chi connectivity index (χ4n) is 4.42. The molecule has 0 fully saturated rings. The summed E-state index contributed by atoms with van der Waals surface area (Å²) < 4.78 is 1.82. The largest absolute Gasteiger partial charge is 0.328 e. The SMILES string of the molecule is O=C1C[C@@H](c2cccs2)CC2=C1[C@@H](c1ccccn1)n1nc(SCc3cccnc3)nc1N2. The van der Waals surface area contributed by atoms with Crippen LogP contribution in [-0.4, -0.2) is 30.5 Å². The highest BCUT2D eigenvalue weighted by Crippen LogP contribution is 2.44. The number of thioether (sulfide) groups is 1. The van der Waals surface area contributed by atoms with E-state index in [2.05, 4.69) is 26.7 Å². The van der Waals surface area contributed by atoms with E-state index in [1.807, 2.05) is 47.3 Å². The summed E-state index contributed by atoms with van der Waals surface area (Å²) >= 11 is 3.26. The Morgan fingerprint density at radius 3 is 2.88 bits per heavy atom. The topological polar surface area (TPSA) is 85.6 Å². The number of fused-ring (bicyclic) bond motifs is 1.